The topological polar surface area (TPSA) is 109 Å². The molecule has 3 aromatic carbocycles. The number of benzene rings is 3. The van der Waals surface area contributed by atoms with E-state index in [4.69, 9.17) is 0 Å². The van der Waals surface area contributed by atoms with Gasteiger partial charge in [-0.15, -0.1) is 0 Å². The lowest BCUT2D eigenvalue weighted by Gasteiger charge is -2.05. The van der Waals surface area contributed by atoms with Crippen molar-refractivity contribution in [3.05, 3.63) is 120 Å². The van der Waals surface area contributed by atoms with Gasteiger partial charge in [0.1, 0.15) is 0 Å². The Bertz CT molecular complexity index is 1490. The normalized spacial score (nSPS) is 11.3. The average Bonchev–Trinajstić information content (AvgIpc) is 2.93. The van der Waals surface area contributed by atoms with Crippen LogP contribution in [0.5, 0.6) is 0 Å². The third-order valence-corrected chi connectivity index (χ3v) is 5.36. The Morgan fingerprint density at radius 2 is 0.944 bits per heavy atom. The highest BCUT2D eigenvalue weighted by molar-refractivity contribution is 6.04. The van der Waals surface area contributed by atoms with Crippen LogP contribution in [-0.4, -0.2) is 34.2 Å². The summed E-state index contributed by atoms with van der Waals surface area (Å²) in [6.07, 6.45) is 2.98. The third-order valence-electron chi connectivity index (χ3n) is 5.36. The number of fused-ring (bicyclic) bond motifs is 3. The number of hydrogen-bond donors (Lipinski definition) is 2. The molecule has 0 bridgehead atoms. The molecule has 174 valence electrons. The second-order valence-electron chi connectivity index (χ2n) is 7.81. The van der Waals surface area contributed by atoms with Crippen molar-refractivity contribution in [2.45, 2.75) is 0 Å². The number of rotatable bonds is 6. The van der Waals surface area contributed by atoms with Gasteiger partial charge in [-0.25, -0.2) is 20.8 Å². The number of hydrazone groups is 2. The van der Waals surface area contributed by atoms with E-state index >= 15 is 0 Å². The summed E-state index contributed by atoms with van der Waals surface area (Å²) < 4.78 is 0. The maximum absolute atomic E-state index is 12.2. The molecule has 0 fully saturated rings. The quantitative estimate of drug-likeness (QED) is 0.218. The Kier molecular flexibility index (Phi) is 6.48. The van der Waals surface area contributed by atoms with Gasteiger partial charge in [-0.2, -0.15) is 10.2 Å². The number of hydrogen-bond acceptors (Lipinski definition) is 6. The summed E-state index contributed by atoms with van der Waals surface area (Å²) in [5.41, 5.74) is 8.57. The van der Waals surface area contributed by atoms with Gasteiger partial charge in [0.25, 0.3) is 11.8 Å². The Balaban J connectivity index is 1.36. The van der Waals surface area contributed by atoms with Gasteiger partial charge in [-0.3, -0.25) is 9.59 Å². The van der Waals surface area contributed by atoms with Crippen molar-refractivity contribution < 1.29 is 9.59 Å². The molecule has 0 aliphatic heterocycles. The minimum atomic E-state index is -0.303. The van der Waals surface area contributed by atoms with E-state index < -0.39 is 0 Å². The molecule has 5 rings (SSSR count). The van der Waals surface area contributed by atoms with Crippen molar-refractivity contribution in [2.24, 2.45) is 10.2 Å². The van der Waals surface area contributed by atoms with Crippen LogP contribution in [0.2, 0.25) is 0 Å². The zero-order valence-corrected chi connectivity index (χ0v) is 19.0. The highest BCUT2D eigenvalue weighted by atomic mass is 16.2. The van der Waals surface area contributed by atoms with Gasteiger partial charge in [0.15, 0.2) is 0 Å². The van der Waals surface area contributed by atoms with Gasteiger partial charge in [0.2, 0.25) is 0 Å². The number of pyridine rings is 2. The molecular weight excluding hydrogens is 452 g/mol. The zero-order valence-electron chi connectivity index (χ0n) is 19.0. The molecule has 2 amide bonds. The van der Waals surface area contributed by atoms with Gasteiger partial charge in [-0.05, 0) is 36.4 Å². The molecule has 2 aromatic heterocycles. The summed E-state index contributed by atoms with van der Waals surface area (Å²) in [6, 6.07) is 29.1. The zero-order chi connectivity index (χ0) is 24.7. The first-order valence-electron chi connectivity index (χ1n) is 11.1. The van der Waals surface area contributed by atoms with Crippen LogP contribution in [0.15, 0.2) is 107 Å². The molecule has 2 heterocycles. The first-order valence-corrected chi connectivity index (χ1v) is 11.1. The van der Waals surface area contributed by atoms with Crippen molar-refractivity contribution in [1.29, 1.82) is 0 Å². The summed E-state index contributed by atoms with van der Waals surface area (Å²) in [5, 5.41) is 9.89. The number of aromatic nitrogens is 2. The monoisotopic (exact) mass is 472 g/mol. The first kappa shape index (κ1) is 22.5. The lowest BCUT2D eigenvalue weighted by atomic mass is 10.1. The first-order chi connectivity index (χ1) is 17.7. The predicted octanol–water partition coefficient (Wildman–Crippen LogP) is 4.31. The second kappa shape index (κ2) is 10.4. The van der Waals surface area contributed by atoms with Crippen LogP contribution < -0.4 is 10.9 Å². The SMILES string of the molecule is O=C(N/N=C\c1ccc2ccc3ccc(/C=N\NC(=O)c4ccccc4)nc3c2n1)c1ccccc1. The molecule has 2 N–H and O–H groups in total. The molecule has 0 aliphatic carbocycles. The minimum Gasteiger partial charge on any atom is -0.267 e. The lowest BCUT2D eigenvalue weighted by molar-refractivity contribution is 0.0947. The number of nitrogens with one attached hydrogen (secondary N) is 2. The van der Waals surface area contributed by atoms with Gasteiger partial charge in [0, 0.05) is 21.9 Å². The van der Waals surface area contributed by atoms with Crippen molar-refractivity contribution in [3.63, 3.8) is 0 Å². The Labute approximate surface area is 206 Å². The number of nitrogens with zero attached hydrogens (tertiary/aromatic N) is 4. The molecule has 0 radical (unpaired) electrons. The van der Waals surface area contributed by atoms with E-state index in [-0.39, 0.29) is 11.8 Å². The fraction of sp³-hybridized carbons (Fsp3) is 0. The van der Waals surface area contributed by atoms with E-state index in [0.29, 0.717) is 33.5 Å². The number of carbonyl (C=O) groups excluding carboxylic acids is 2. The molecule has 0 atom stereocenters. The van der Waals surface area contributed by atoms with Crippen LogP contribution in [0.3, 0.4) is 0 Å². The van der Waals surface area contributed by atoms with E-state index in [1.54, 1.807) is 48.5 Å². The summed E-state index contributed by atoms with van der Waals surface area (Å²) in [5.74, 6) is -0.605. The van der Waals surface area contributed by atoms with Crippen molar-refractivity contribution in [2.75, 3.05) is 0 Å². The van der Waals surface area contributed by atoms with Crippen LogP contribution in [0.25, 0.3) is 21.8 Å². The van der Waals surface area contributed by atoms with E-state index in [9.17, 15) is 9.59 Å². The molecule has 36 heavy (non-hydrogen) atoms. The van der Waals surface area contributed by atoms with Gasteiger partial charge in [-0.1, -0.05) is 60.7 Å². The number of amides is 2. The van der Waals surface area contributed by atoms with Gasteiger partial charge in [0.05, 0.1) is 34.9 Å². The van der Waals surface area contributed by atoms with Crippen molar-refractivity contribution in [3.8, 4) is 0 Å². The third kappa shape index (κ3) is 5.13. The largest absolute Gasteiger partial charge is 0.271 e. The molecule has 5 aromatic rings. The van der Waals surface area contributed by atoms with E-state index in [2.05, 4.69) is 31.0 Å². The second-order valence-corrected chi connectivity index (χ2v) is 7.81. The predicted molar refractivity (Wildman–Crippen MR) is 140 cm³/mol. The molecule has 0 spiro atoms. The van der Waals surface area contributed by atoms with Gasteiger partial charge >= 0.3 is 0 Å². The Hall–Kier alpha value is -5.24. The van der Waals surface area contributed by atoms with Gasteiger partial charge < -0.3 is 0 Å². The molecule has 0 aliphatic rings. The summed E-state index contributed by atoms with van der Waals surface area (Å²) in [6.45, 7) is 0. The minimum absolute atomic E-state index is 0.303. The fourth-order valence-corrected chi connectivity index (χ4v) is 3.56. The molecule has 0 saturated heterocycles. The molecular formula is C28H20N6O2. The summed E-state index contributed by atoms with van der Waals surface area (Å²) in [4.78, 5) is 33.7. The lowest BCUT2D eigenvalue weighted by Crippen LogP contribution is -2.17. The maximum atomic E-state index is 12.2. The average molecular weight is 473 g/mol. The number of carbonyl (C=O) groups is 2. The van der Waals surface area contributed by atoms with E-state index in [0.717, 1.165) is 10.8 Å². The Morgan fingerprint density at radius 3 is 1.36 bits per heavy atom. The summed E-state index contributed by atoms with van der Waals surface area (Å²) in [7, 11) is 0. The van der Waals surface area contributed by atoms with Crippen LogP contribution in [0.4, 0.5) is 0 Å². The van der Waals surface area contributed by atoms with Crippen LogP contribution >= 0.6 is 0 Å². The molecule has 8 nitrogen and oxygen atoms in total. The highest BCUT2D eigenvalue weighted by Gasteiger charge is 2.07. The van der Waals surface area contributed by atoms with Crippen LogP contribution in [0.1, 0.15) is 32.1 Å². The van der Waals surface area contributed by atoms with Crippen molar-refractivity contribution in [1.82, 2.24) is 20.8 Å². The molecule has 0 saturated carbocycles. The van der Waals surface area contributed by atoms with Crippen LogP contribution in [-0.2, 0) is 0 Å². The van der Waals surface area contributed by atoms with E-state index in [1.807, 2.05) is 48.5 Å². The Morgan fingerprint density at radius 1 is 0.556 bits per heavy atom. The molecule has 0 unspecified atom stereocenters. The smallest absolute Gasteiger partial charge is 0.267 e. The highest BCUT2D eigenvalue weighted by Crippen LogP contribution is 2.22. The van der Waals surface area contributed by atoms with Crippen molar-refractivity contribution >= 4 is 46.0 Å². The maximum Gasteiger partial charge on any atom is 0.271 e. The van der Waals surface area contributed by atoms with E-state index in [1.165, 1.54) is 12.4 Å². The van der Waals surface area contributed by atoms with Crippen LogP contribution in [0, 0.1) is 0 Å². The molecule has 8 heteroatoms. The standard InChI is InChI=1S/C28H20N6O2/c35-27(21-7-3-1-4-8-21)33-29-17-23-15-13-19-11-12-20-14-16-24(32-26(20)25(19)31-23)18-30-34-28(36)22-9-5-2-6-10-22/h1-18H,(H,33,35)(H,34,36)/b29-17-,30-18-. The summed E-state index contributed by atoms with van der Waals surface area (Å²) >= 11 is 0. The fourth-order valence-electron chi connectivity index (χ4n) is 3.56.